The second-order valence-corrected chi connectivity index (χ2v) is 5.59. The lowest BCUT2D eigenvalue weighted by Crippen LogP contribution is -1.96. The van der Waals surface area contributed by atoms with Gasteiger partial charge in [-0.2, -0.15) is 0 Å². The van der Waals surface area contributed by atoms with Crippen molar-refractivity contribution in [3.05, 3.63) is 45.2 Å². The van der Waals surface area contributed by atoms with Gasteiger partial charge in [-0.25, -0.2) is 9.37 Å². The maximum absolute atomic E-state index is 13.0. The summed E-state index contributed by atoms with van der Waals surface area (Å²) in [7, 11) is 0. The highest BCUT2D eigenvalue weighted by Gasteiger charge is 2.29. The van der Waals surface area contributed by atoms with E-state index in [0.717, 1.165) is 24.1 Å². The van der Waals surface area contributed by atoms with E-state index in [4.69, 9.17) is 17.3 Å². The van der Waals surface area contributed by atoms with Crippen molar-refractivity contribution in [1.29, 1.82) is 0 Å². The average molecular weight is 269 g/mol. The fourth-order valence-corrected chi connectivity index (χ4v) is 3.66. The van der Waals surface area contributed by atoms with Crippen LogP contribution in [0.3, 0.4) is 0 Å². The third-order valence-electron chi connectivity index (χ3n) is 3.07. The van der Waals surface area contributed by atoms with Crippen LogP contribution in [-0.2, 0) is 6.42 Å². The highest BCUT2D eigenvalue weighted by molar-refractivity contribution is 7.15. The molecule has 1 aliphatic rings. The van der Waals surface area contributed by atoms with E-state index in [1.54, 1.807) is 6.07 Å². The molecule has 17 heavy (non-hydrogen) atoms. The van der Waals surface area contributed by atoms with E-state index < -0.39 is 0 Å². The largest absolute Gasteiger partial charge is 0.375 e. The monoisotopic (exact) mass is 268 g/mol. The van der Waals surface area contributed by atoms with Gasteiger partial charge in [0.2, 0.25) is 0 Å². The fourth-order valence-electron chi connectivity index (χ4n) is 2.33. The standard InChI is InChI=1S/C12H10ClFN2S/c13-9-5-6(14)1-2-7(9)8-3-4-10-11(8)17-12(15)16-10/h1-2,5,8H,3-4H2,(H2,15,16). The summed E-state index contributed by atoms with van der Waals surface area (Å²) in [5.41, 5.74) is 7.74. The Bertz CT molecular complexity index is 582. The Kier molecular flexibility index (Phi) is 2.56. The summed E-state index contributed by atoms with van der Waals surface area (Å²) in [6.45, 7) is 0. The lowest BCUT2D eigenvalue weighted by Gasteiger charge is -2.11. The van der Waals surface area contributed by atoms with Gasteiger partial charge in [0.05, 0.1) is 5.69 Å². The molecule has 0 saturated heterocycles. The Morgan fingerprint density at radius 1 is 1.47 bits per heavy atom. The minimum atomic E-state index is -0.305. The predicted molar refractivity (Wildman–Crippen MR) is 68.1 cm³/mol. The molecule has 2 aromatic rings. The van der Waals surface area contributed by atoms with Gasteiger partial charge in [0.25, 0.3) is 0 Å². The Labute approximate surface area is 107 Å². The van der Waals surface area contributed by atoms with Crippen LogP contribution in [0.4, 0.5) is 9.52 Å². The summed E-state index contributed by atoms with van der Waals surface area (Å²) in [6, 6.07) is 4.57. The first-order valence-electron chi connectivity index (χ1n) is 5.35. The molecule has 0 amide bonds. The predicted octanol–water partition coefficient (Wildman–Crippen LogP) is 3.60. The second-order valence-electron chi connectivity index (χ2n) is 4.12. The van der Waals surface area contributed by atoms with E-state index in [2.05, 4.69) is 4.98 Å². The number of halogens is 2. The summed E-state index contributed by atoms with van der Waals surface area (Å²) in [5, 5.41) is 1.08. The molecular weight excluding hydrogens is 259 g/mol. The number of rotatable bonds is 1. The number of aromatic nitrogens is 1. The summed E-state index contributed by atoms with van der Waals surface area (Å²) in [5.74, 6) is -0.0892. The lowest BCUT2D eigenvalue weighted by atomic mass is 9.98. The van der Waals surface area contributed by atoms with Crippen molar-refractivity contribution in [1.82, 2.24) is 4.98 Å². The summed E-state index contributed by atoms with van der Waals surface area (Å²) in [6.07, 6.45) is 1.89. The Morgan fingerprint density at radius 2 is 2.29 bits per heavy atom. The van der Waals surface area contributed by atoms with Crippen LogP contribution >= 0.6 is 22.9 Å². The molecule has 1 aromatic carbocycles. The fraction of sp³-hybridized carbons (Fsp3) is 0.250. The van der Waals surface area contributed by atoms with Gasteiger partial charge in [-0.15, -0.1) is 11.3 Å². The maximum atomic E-state index is 13.0. The minimum Gasteiger partial charge on any atom is -0.375 e. The summed E-state index contributed by atoms with van der Waals surface area (Å²) >= 11 is 7.60. The smallest absolute Gasteiger partial charge is 0.180 e. The maximum Gasteiger partial charge on any atom is 0.180 e. The van der Waals surface area contributed by atoms with Crippen molar-refractivity contribution < 1.29 is 4.39 Å². The molecule has 1 unspecified atom stereocenters. The zero-order valence-electron chi connectivity index (χ0n) is 8.91. The van der Waals surface area contributed by atoms with Crippen LogP contribution in [0.5, 0.6) is 0 Å². The molecule has 0 fully saturated rings. The molecule has 0 bridgehead atoms. The highest BCUT2D eigenvalue weighted by Crippen LogP contribution is 2.44. The second kappa shape index (κ2) is 3.96. The number of hydrogen-bond donors (Lipinski definition) is 1. The van der Waals surface area contributed by atoms with E-state index in [1.165, 1.54) is 28.3 Å². The first-order valence-corrected chi connectivity index (χ1v) is 6.54. The number of anilines is 1. The topological polar surface area (TPSA) is 38.9 Å². The van der Waals surface area contributed by atoms with Gasteiger partial charge in [-0.05, 0) is 30.5 Å². The molecule has 0 spiro atoms. The van der Waals surface area contributed by atoms with E-state index in [9.17, 15) is 4.39 Å². The lowest BCUT2D eigenvalue weighted by molar-refractivity contribution is 0.626. The zero-order valence-corrected chi connectivity index (χ0v) is 10.5. The van der Waals surface area contributed by atoms with Crippen LogP contribution in [0, 0.1) is 5.82 Å². The number of hydrogen-bond acceptors (Lipinski definition) is 3. The van der Waals surface area contributed by atoms with Crippen molar-refractivity contribution in [3.63, 3.8) is 0 Å². The zero-order chi connectivity index (χ0) is 12.0. The molecule has 2 nitrogen and oxygen atoms in total. The van der Waals surface area contributed by atoms with Crippen LogP contribution < -0.4 is 5.73 Å². The van der Waals surface area contributed by atoms with Gasteiger partial charge >= 0.3 is 0 Å². The molecule has 1 aromatic heterocycles. The van der Waals surface area contributed by atoms with Crippen molar-refractivity contribution in [3.8, 4) is 0 Å². The van der Waals surface area contributed by atoms with Gasteiger partial charge in [-0.1, -0.05) is 17.7 Å². The van der Waals surface area contributed by atoms with Crippen LogP contribution in [0.25, 0.3) is 0 Å². The van der Waals surface area contributed by atoms with Gasteiger partial charge < -0.3 is 5.73 Å². The quantitative estimate of drug-likeness (QED) is 0.858. The summed E-state index contributed by atoms with van der Waals surface area (Å²) in [4.78, 5) is 5.47. The summed E-state index contributed by atoms with van der Waals surface area (Å²) < 4.78 is 13.0. The third kappa shape index (κ3) is 1.81. The van der Waals surface area contributed by atoms with Crippen molar-refractivity contribution in [2.75, 3.05) is 5.73 Å². The van der Waals surface area contributed by atoms with Gasteiger partial charge in [-0.3, -0.25) is 0 Å². The van der Waals surface area contributed by atoms with Gasteiger partial charge in [0.15, 0.2) is 5.13 Å². The van der Waals surface area contributed by atoms with Gasteiger partial charge in [0.1, 0.15) is 5.82 Å². The first-order chi connectivity index (χ1) is 8.15. The molecule has 0 aliphatic heterocycles. The minimum absolute atomic E-state index is 0.216. The highest BCUT2D eigenvalue weighted by atomic mass is 35.5. The number of thiazole rings is 1. The molecular formula is C12H10ClFN2S. The molecule has 1 aliphatic carbocycles. The van der Waals surface area contributed by atoms with Gasteiger partial charge in [0, 0.05) is 15.8 Å². The SMILES string of the molecule is Nc1nc2c(s1)C(c1ccc(F)cc1Cl)CC2. The van der Waals surface area contributed by atoms with Crippen molar-refractivity contribution >= 4 is 28.1 Å². The number of nitrogens with two attached hydrogens (primary N) is 1. The average Bonchev–Trinajstić information content (AvgIpc) is 2.78. The molecule has 5 heteroatoms. The van der Waals surface area contributed by atoms with E-state index >= 15 is 0 Å². The van der Waals surface area contributed by atoms with Crippen LogP contribution in [0.15, 0.2) is 18.2 Å². The Morgan fingerprint density at radius 3 is 3.06 bits per heavy atom. The normalized spacial score (nSPS) is 18.4. The van der Waals surface area contributed by atoms with Crippen LogP contribution in [0.1, 0.15) is 28.5 Å². The van der Waals surface area contributed by atoms with E-state index in [-0.39, 0.29) is 11.7 Å². The molecule has 0 saturated carbocycles. The Hall–Kier alpha value is -1.13. The molecule has 1 atom stereocenters. The molecule has 0 radical (unpaired) electrons. The number of benzene rings is 1. The van der Waals surface area contributed by atoms with Crippen LogP contribution in [-0.4, -0.2) is 4.98 Å². The van der Waals surface area contributed by atoms with Crippen LogP contribution in [0.2, 0.25) is 5.02 Å². The number of fused-ring (bicyclic) bond motifs is 1. The molecule has 88 valence electrons. The number of nitrogen functional groups attached to an aromatic ring is 1. The number of aryl methyl sites for hydroxylation is 1. The Balaban J connectivity index is 2.06. The number of nitrogens with zero attached hydrogens (tertiary/aromatic N) is 1. The first kappa shape index (κ1) is 11.0. The third-order valence-corrected chi connectivity index (χ3v) is 4.44. The molecule has 3 rings (SSSR count). The molecule has 1 heterocycles. The van der Waals surface area contributed by atoms with Crippen molar-refractivity contribution in [2.45, 2.75) is 18.8 Å². The molecule has 2 N–H and O–H groups in total. The van der Waals surface area contributed by atoms with E-state index in [1.807, 2.05) is 0 Å². The van der Waals surface area contributed by atoms with E-state index in [0.29, 0.717) is 10.2 Å². The van der Waals surface area contributed by atoms with Crippen molar-refractivity contribution in [2.24, 2.45) is 0 Å².